The molecule has 3 rings (SSSR count). The van der Waals surface area contributed by atoms with Crippen LogP contribution in [-0.2, 0) is 9.59 Å². The van der Waals surface area contributed by atoms with Crippen LogP contribution >= 0.6 is 0 Å². The quantitative estimate of drug-likeness (QED) is 0.720. The molecular formula is C20H22N2O5. The van der Waals surface area contributed by atoms with Crippen molar-refractivity contribution >= 4 is 17.5 Å². The van der Waals surface area contributed by atoms with Crippen LogP contribution in [0.25, 0.3) is 0 Å². The first-order chi connectivity index (χ1) is 13.2. The summed E-state index contributed by atoms with van der Waals surface area (Å²) in [4.78, 5) is 25.7. The number of amides is 2. The summed E-state index contributed by atoms with van der Waals surface area (Å²) < 4.78 is 16.1. The zero-order valence-electron chi connectivity index (χ0n) is 15.1. The third-order valence-electron chi connectivity index (χ3n) is 4.10. The first-order valence-electron chi connectivity index (χ1n) is 8.73. The molecule has 0 spiro atoms. The molecule has 0 saturated carbocycles. The number of carbonyl (C=O) groups is 2. The number of para-hydroxylation sites is 2. The number of benzene rings is 2. The van der Waals surface area contributed by atoms with Gasteiger partial charge in [0.15, 0.2) is 6.61 Å². The number of methoxy groups -OCH3 is 1. The maximum absolute atomic E-state index is 12.1. The molecule has 7 nitrogen and oxygen atoms in total. The monoisotopic (exact) mass is 370 g/mol. The molecule has 0 radical (unpaired) electrons. The molecule has 0 saturated heterocycles. The van der Waals surface area contributed by atoms with E-state index < -0.39 is 0 Å². The van der Waals surface area contributed by atoms with Crippen LogP contribution in [0.3, 0.4) is 0 Å². The van der Waals surface area contributed by atoms with Gasteiger partial charge in [-0.25, -0.2) is 0 Å². The predicted octanol–water partition coefficient (Wildman–Crippen LogP) is 2.01. The molecule has 2 aromatic rings. The summed E-state index contributed by atoms with van der Waals surface area (Å²) in [7, 11) is 1.59. The number of rotatable bonds is 8. The van der Waals surface area contributed by atoms with Gasteiger partial charge in [-0.05, 0) is 24.3 Å². The van der Waals surface area contributed by atoms with Gasteiger partial charge in [0.2, 0.25) is 5.91 Å². The van der Waals surface area contributed by atoms with Gasteiger partial charge in [0.05, 0.1) is 19.3 Å². The van der Waals surface area contributed by atoms with Crippen molar-refractivity contribution in [1.82, 2.24) is 5.32 Å². The maximum atomic E-state index is 12.1. The molecule has 27 heavy (non-hydrogen) atoms. The van der Waals surface area contributed by atoms with E-state index >= 15 is 0 Å². The number of hydrogen-bond acceptors (Lipinski definition) is 5. The zero-order valence-corrected chi connectivity index (χ0v) is 15.1. The average molecular weight is 370 g/mol. The van der Waals surface area contributed by atoms with Crippen LogP contribution in [0.1, 0.15) is 6.42 Å². The Morgan fingerprint density at radius 3 is 2.85 bits per heavy atom. The molecular weight excluding hydrogens is 348 g/mol. The lowest BCUT2D eigenvalue weighted by Gasteiger charge is -2.29. The van der Waals surface area contributed by atoms with Crippen LogP contribution in [0.5, 0.6) is 17.2 Å². The number of anilines is 1. The van der Waals surface area contributed by atoms with Crippen LogP contribution in [0.4, 0.5) is 5.69 Å². The summed E-state index contributed by atoms with van der Waals surface area (Å²) in [6.45, 7) is 1.02. The summed E-state index contributed by atoms with van der Waals surface area (Å²) >= 11 is 0. The highest BCUT2D eigenvalue weighted by Crippen LogP contribution is 2.31. The molecule has 1 heterocycles. The van der Waals surface area contributed by atoms with E-state index in [9.17, 15) is 9.59 Å². The Morgan fingerprint density at radius 1 is 1.19 bits per heavy atom. The van der Waals surface area contributed by atoms with Gasteiger partial charge < -0.3 is 24.4 Å². The lowest BCUT2D eigenvalue weighted by molar-refractivity contribution is -0.122. The van der Waals surface area contributed by atoms with Gasteiger partial charge in [-0.1, -0.05) is 18.2 Å². The minimum atomic E-state index is -0.150. The molecule has 0 atom stereocenters. The van der Waals surface area contributed by atoms with E-state index in [1.165, 1.54) is 0 Å². The minimum Gasteiger partial charge on any atom is -0.497 e. The molecule has 142 valence electrons. The average Bonchev–Trinajstić information content (AvgIpc) is 2.70. The molecule has 0 aromatic heterocycles. The standard InChI is InChI=1S/C20H22N2O5/c1-25-15-5-4-6-16(13-15)26-12-10-21-19(23)9-11-22-17-7-2-3-8-18(17)27-14-20(22)24/h2-8,13H,9-12,14H2,1H3,(H,21,23). The van der Waals surface area contributed by atoms with E-state index in [4.69, 9.17) is 14.2 Å². The molecule has 0 aliphatic carbocycles. The Hall–Kier alpha value is -3.22. The number of carbonyl (C=O) groups excluding carboxylic acids is 2. The SMILES string of the molecule is COc1cccc(OCCNC(=O)CCN2C(=O)COc3ccccc32)c1. The van der Waals surface area contributed by atoms with Gasteiger partial charge >= 0.3 is 0 Å². The fourth-order valence-corrected chi connectivity index (χ4v) is 2.75. The first-order valence-corrected chi connectivity index (χ1v) is 8.73. The lowest BCUT2D eigenvalue weighted by Crippen LogP contribution is -2.41. The summed E-state index contributed by atoms with van der Waals surface area (Å²) in [6.07, 6.45) is 0.208. The van der Waals surface area contributed by atoms with Crippen molar-refractivity contribution < 1.29 is 23.8 Å². The number of nitrogens with zero attached hydrogens (tertiary/aromatic N) is 1. The summed E-state index contributed by atoms with van der Waals surface area (Å²) in [6, 6.07) is 14.6. The van der Waals surface area contributed by atoms with Crippen LogP contribution in [0.2, 0.25) is 0 Å². The summed E-state index contributed by atoms with van der Waals surface area (Å²) in [5, 5.41) is 2.80. The van der Waals surface area contributed by atoms with Crippen molar-refractivity contribution in [3.05, 3.63) is 48.5 Å². The number of ether oxygens (including phenoxy) is 3. The van der Waals surface area contributed by atoms with E-state index in [-0.39, 0.29) is 24.8 Å². The van der Waals surface area contributed by atoms with Gasteiger partial charge in [0, 0.05) is 19.0 Å². The van der Waals surface area contributed by atoms with Gasteiger partial charge in [-0.15, -0.1) is 0 Å². The lowest BCUT2D eigenvalue weighted by atomic mass is 10.2. The van der Waals surface area contributed by atoms with E-state index in [1.54, 1.807) is 18.1 Å². The molecule has 2 amide bonds. The Morgan fingerprint density at radius 2 is 2.00 bits per heavy atom. The van der Waals surface area contributed by atoms with Crippen molar-refractivity contribution in [1.29, 1.82) is 0 Å². The molecule has 1 N–H and O–H groups in total. The van der Waals surface area contributed by atoms with Gasteiger partial charge in [-0.3, -0.25) is 9.59 Å². The van der Waals surface area contributed by atoms with Crippen molar-refractivity contribution in [3.8, 4) is 17.2 Å². The number of nitrogens with one attached hydrogen (secondary N) is 1. The minimum absolute atomic E-state index is 0.00693. The predicted molar refractivity (Wildman–Crippen MR) is 100 cm³/mol. The Labute approximate surface area is 157 Å². The molecule has 0 fully saturated rings. The molecule has 0 unspecified atom stereocenters. The van der Waals surface area contributed by atoms with Crippen LogP contribution < -0.4 is 24.4 Å². The second-order valence-corrected chi connectivity index (χ2v) is 5.93. The third kappa shape index (κ3) is 4.91. The Balaban J connectivity index is 1.42. The summed E-state index contributed by atoms with van der Waals surface area (Å²) in [5.74, 6) is 1.76. The highest BCUT2D eigenvalue weighted by molar-refractivity contribution is 5.98. The zero-order chi connectivity index (χ0) is 19.1. The topological polar surface area (TPSA) is 77.1 Å². The second-order valence-electron chi connectivity index (χ2n) is 5.93. The third-order valence-corrected chi connectivity index (χ3v) is 4.10. The number of hydrogen-bond donors (Lipinski definition) is 1. The molecule has 1 aliphatic heterocycles. The van der Waals surface area contributed by atoms with Crippen molar-refractivity contribution in [2.75, 3.05) is 38.3 Å². The van der Waals surface area contributed by atoms with E-state index in [2.05, 4.69) is 5.32 Å². The molecule has 0 bridgehead atoms. The van der Waals surface area contributed by atoms with E-state index in [0.717, 1.165) is 0 Å². The summed E-state index contributed by atoms with van der Waals surface area (Å²) in [5.41, 5.74) is 0.697. The van der Waals surface area contributed by atoms with Gasteiger partial charge in [-0.2, -0.15) is 0 Å². The van der Waals surface area contributed by atoms with Crippen LogP contribution in [-0.4, -0.2) is 45.2 Å². The normalized spacial score (nSPS) is 12.8. The van der Waals surface area contributed by atoms with Gasteiger partial charge in [0.1, 0.15) is 23.9 Å². The highest BCUT2D eigenvalue weighted by Gasteiger charge is 2.25. The van der Waals surface area contributed by atoms with Crippen molar-refractivity contribution in [2.45, 2.75) is 6.42 Å². The van der Waals surface area contributed by atoms with E-state index in [1.807, 2.05) is 42.5 Å². The second kappa shape index (κ2) is 8.93. The van der Waals surface area contributed by atoms with Crippen LogP contribution in [0, 0.1) is 0 Å². The molecule has 1 aliphatic rings. The fourth-order valence-electron chi connectivity index (χ4n) is 2.75. The maximum Gasteiger partial charge on any atom is 0.265 e. The number of fused-ring (bicyclic) bond motifs is 1. The van der Waals surface area contributed by atoms with Crippen molar-refractivity contribution in [2.24, 2.45) is 0 Å². The Kier molecular flexibility index (Phi) is 6.14. The molecule has 7 heteroatoms. The van der Waals surface area contributed by atoms with E-state index in [0.29, 0.717) is 42.6 Å². The largest absolute Gasteiger partial charge is 0.497 e. The smallest absolute Gasteiger partial charge is 0.265 e. The first kappa shape index (κ1) is 18.6. The fraction of sp³-hybridized carbons (Fsp3) is 0.300. The highest BCUT2D eigenvalue weighted by atomic mass is 16.5. The van der Waals surface area contributed by atoms with Gasteiger partial charge in [0.25, 0.3) is 5.91 Å². The van der Waals surface area contributed by atoms with Crippen molar-refractivity contribution in [3.63, 3.8) is 0 Å². The van der Waals surface area contributed by atoms with Crippen LogP contribution in [0.15, 0.2) is 48.5 Å². The molecule has 2 aromatic carbocycles. The Bertz CT molecular complexity index is 808.